The van der Waals surface area contributed by atoms with Gasteiger partial charge in [-0.15, -0.1) is 0 Å². The molecule has 0 atom stereocenters. The summed E-state index contributed by atoms with van der Waals surface area (Å²) in [4.78, 5) is 4.62. The van der Waals surface area contributed by atoms with Crippen molar-refractivity contribution in [2.45, 2.75) is 19.3 Å². The van der Waals surface area contributed by atoms with Gasteiger partial charge in [-0.05, 0) is 17.7 Å². The van der Waals surface area contributed by atoms with Gasteiger partial charge in [0.2, 0.25) is 5.75 Å². The first-order chi connectivity index (χ1) is 7.42. The summed E-state index contributed by atoms with van der Waals surface area (Å²) in [5.74, 6) is 4.78. The molecule has 1 aromatic rings. The van der Waals surface area contributed by atoms with Crippen molar-refractivity contribution in [1.82, 2.24) is 0 Å². The third kappa shape index (κ3) is 2.37. The van der Waals surface area contributed by atoms with Gasteiger partial charge in [-0.1, -0.05) is 13.8 Å². The van der Waals surface area contributed by atoms with E-state index in [1.165, 1.54) is 13.2 Å². The Hall–Kier alpha value is -1.46. The Morgan fingerprint density at radius 3 is 2.44 bits per heavy atom. The fourth-order valence-corrected chi connectivity index (χ4v) is 1.43. The van der Waals surface area contributed by atoms with Gasteiger partial charge in [0.05, 0.1) is 13.7 Å². The van der Waals surface area contributed by atoms with Crippen LogP contribution >= 0.6 is 0 Å². The van der Waals surface area contributed by atoms with Crippen LogP contribution in [0.3, 0.4) is 0 Å². The van der Waals surface area contributed by atoms with Crippen LogP contribution in [0.15, 0.2) is 12.1 Å². The molecular formula is C11H17NO4. The highest BCUT2D eigenvalue weighted by Crippen LogP contribution is 2.39. The first-order valence-electron chi connectivity index (χ1n) is 4.84. The van der Waals surface area contributed by atoms with Crippen molar-refractivity contribution in [3.05, 3.63) is 17.7 Å². The van der Waals surface area contributed by atoms with E-state index in [0.29, 0.717) is 6.61 Å². The predicted octanol–water partition coefficient (Wildman–Crippen LogP) is 1.27. The molecule has 0 unspecified atom stereocenters. The minimum atomic E-state index is -0.382. The highest BCUT2D eigenvalue weighted by atomic mass is 16.6. The molecule has 0 bridgehead atoms. The lowest BCUT2D eigenvalue weighted by atomic mass is 9.85. The van der Waals surface area contributed by atoms with E-state index in [9.17, 15) is 10.2 Å². The lowest BCUT2D eigenvalue weighted by molar-refractivity contribution is 0.0962. The zero-order chi connectivity index (χ0) is 12.3. The largest absolute Gasteiger partial charge is 0.504 e. The molecule has 5 heteroatoms. The van der Waals surface area contributed by atoms with Crippen LogP contribution in [0, 0.1) is 0 Å². The average molecular weight is 227 g/mol. The number of hydrogen-bond acceptors (Lipinski definition) is 5. The van der Waals surface area contributed by atoms with Crippen LogP contribution in [-0.2, 0) is 10.3 Å². The van der Waals surface area contributed by atoms with Crippen LogP contribution in [0.2, 0.25) is 0 Å². The number of benzene rings is 1. The highest BCUT2D eigenvalue weighted by molar-refractivity contribution is 5.53. The molecule has 5 nitrogen and oxygen atoms in total. The second kappa shape index (κ2) is 4.59. The molecule has 0 amide bonds. The number of aromatic hydroxyl groups is 2. The van der Waals surface area contributed by atoms with Crippen molar-refractivity contribution in [2.75, 3.05) is 13.7 Å². The quantitative estimate of drug-likeness (QED) is 0.533. The van der Waals surface area contributed by atoms with Crippen LogP contribution < -0.4 is 10.6 Å². The van der Waals surface area contributed by atoms with Crippen LogP contribution in [0.4, 0.5) is 0 Å². The van der Waals surface area contributed by atoms with E-state index in [1.54, 1.807) is 6.07 Å². The summed E-state index contributed by atoms with van der Waals surface area (Å²) >= 11 is 0. The third-order valence-electron chi connectivity index (χ3n) is 2.50. The van der Waals surface area contributed by atoms with Crippen molar-refractivity contribution in [2.24, 2.45) is 5.90 Å². The first-order valence-corrected chi connectivity index (χ1v) is 4.84. The van der Waals surface area contributed by atoms with Gasteiger partial charge in [0.15, 0.2) is 11.5 Å². The maximum Gasteiger partial charge on any atom is 0.200 e. The fourth-order valence-electron chi connectivity index (χ4n) is 1.43. The number of hydrogen-bond donors (Lipinski definition) is 3. The zero-order valence-corrected chi connectivity index (χ0v) is 9.65. The molecule has 4 N–H and O–H groups in total. The SMILES string of the molecule is COc1cc(C(C)(C)CON)cc(O)c1O. The number of phenolic OH excluding ortho intramolecular Hbond substituents is 2. The molecule has 90 valence electrons. The second-order valence-corrected chi connectivity index (χ2v) is 4.24. The molecule has 1 rings (SSSR count). The lowest BCUT2D eigenvalue weighted by Gasteiger charge is -2.24. The summed E-state index contributed by atoms with van der Waals surface area (Å²) in [6, 6.07) is 3.12. The minimum Gasteiger partial charge on any atom is -0.504 e. The number of ether oxygens (including phenoxy) is 1. The zero-order valence-electron chi connectivity index (χ0n) is 9.65. The highest BCUT2D eigenvalue weighted by Gasteiger charge is 2.24. The van der Waals surface area contributed by atoms with Gasteiger partial charge in [0.25, 0.3) is 0 Å². The Morgan fingerprint density at radius 2 is 1.94 bits per heavy atom. The van der Waals surface area contributed by atoms with Gasteiger partial charge in [-0.2, -0.15) is 0 Å². The van der Waals surface area contributed by atoms with Crippen LogP contribution in [0.25, 0.3) is 0 Å². The van der Waals surface area contributed by atoms with Gasteiger partial charge in [-0.3, -0.25) is 0 Å². The number of methoxy groups -OCH3 is 1. The molecule has 0 aliphatic heterocycles. The van der Waals surface area contributed by atoms with Crippen molar-refractivity contribution < 1.29 is 19.8 Å². The van der Waals surface area contributed by atoms with E-state index in [2.05, 4.69) is 4.84 Å². The Labute approximate surface area is 94.4 Å². The molecule has 0 aliphatic carbocycles. The maximum absolute atomic E-state index is 9.54. The van der Waals surface area contributed by atoms with Crippen molar-refractivity contribution in [1.29, 1.82) is 0 Å². The van der Waals surface area contributed by atoms with E-state index in [4.69, 9.17) is 10.6 Å². The standard InChI is InChI=1S/C11H17NO4/c1-11(2,6-16-12)7-4-8(13)10(14)9(5-7)15-3/h4-5,13-14H,6,12H2,1-3H3. The fraction of sp³-hybridized carbons (Fsp3) is 0.455. The maximum atomic E-state index is 9.54. The summed E-state index contributed by atoms with van der Waals surface area (Å²) in [7, 11) is 1.42. The minimum absolute atomic E-state index is 0.222. The lowest BCUT2D eigenvalue weighted by Crippen LogP contribution is -2.26. The third-order valence-corrected chi connectivity index (χ3v) is 2.50. The van der Waals surface area contributed by atoms with Gasteiger partial charge in [0, 0.05) is 5.41 Å². The topological polar surface area (TPSA) is 84.9 Å². The van der Waals surface area contributed by atoms with Crippen LogP contribution in [-0.4, -0.2) is 23.9 Å². The molecule has 0 aromatic heterocycles. The molecule has 0 heterocycles. The van der Waals surface area contributed by atoms with Crippen LogP contribution in [0.5, 0.6) is 17.2 Å². The molecule has 0 saturated heterocycles. The first kappa shape index (κ1) is 12.6. The van der Waals surface area contributed by atoms with Gasteiger partial charge in [0.1, 0.15) is 0 Å². The van der Waals surface area contributed by atoms with E-state index in [0.717, 1.165) is 5.56 Å². The van der Waals surface area contributed by atoms with Crippen molar-refractivity contribution >= 4 is 0 Å². The summed E-state index contributed by atoms with van der Waals surface area (Å²) in [5.41, 5.74) is 0.387. The van der Waals surface area contributed by atoms with E-state index >= 15 is 0 Å². The van der Waals surface area contributed by atoms with Crippen molar-refractivity contribution in [3.8, 4) is 17.2 Å². The normalized spacial score (nSPS) is 11.5. The molecule has 1 aromatic carbocycles. The smallest absolute Gasteiger partial charge is 0.200 e. The summed E-state index contributed by atoms with van der Waals surface area (Å²) in [6.07, 6.45) is 0. The number of rotatable bonds is 4. The predicted molar refractivity (Wildman–Crippen MR) is 59.5 cm³/mol. The van der Waals surface area contributed by atoms with Crippen molar-refractivity contribution in [3.63, 3.8) is 0 Å². The molecule has 0 fully saturated rings. The Morgan fingerprint density at radius 1 is 1.31 bits per heavy atom. The Bertz CT molecular complexity index is 376. The molecular weight excluding hydrogens is 210 g/mol. The van der Waals surface area contributed by atoms with Gasteiger partial charge >= 0.3 is 0 Å². The van der Waals surface area contributed by atoms with E-state index in [1.807, 2.05) is 13.8 Å². The van der Waals surface area contributed by atoms with Gasteiger partial charge in [-0.25, -0.2) is 5.90 Å². The summed E-state index contributed by atoms with van der Waals surface area (Å²) < 4.78 is 4.96. The molecule has 0 aliphatic rings. The Balaban J connectivity index is 3.20. The molecule has 16 heavy (non-hydrogen) atoms. The van der Waals surface area contributed by atoms with Gasteiger partial charge < -0.3 is 19.8 Å². The molecule has 0 radical (unpaired) electrons. The number of phenols is 2. The second-order valence-electron chi connectivity index (χ2n) is 4.24. The van der Waals surface area contributed by atoms with Crippen LogP contribution in [0.1, 0.15) is 19.4 Å². The monoisotopic (exact) mass is 227 g/mol. The molecule has 0 spiro atoms. The van der Waals surface area contributed by atoms with E-state index < -0.39 is 0 Å². The summed E-state index contributed by atoms with van der Waals surface area (Å²) in [6.45, 7) is 4.11. The summed E-state index contributed by atoms with van der Waals surface area (Å²) in [5, 5.41) is 19.0. The average Bonchev–Trinajstić information content (AvgIpc) is 2.21. The number of nitrogens with two attached hydrogens (primary N) is 1. The Kier molecular flexibility index (Phi) is 3.62. The van der Waals surface area contributed by atoms with E-state index in [-0.39, 0.29) is 22.7 Å². The molecule has 0 saturated carbocycles.